The molecule has 0 aliphatic carbocycles. The summed E-state index contributed by atoms with van der Waals surface area (Å²) in [6.07, 6.45) is 2.75. The number of halogens is 3. The third kappa shape index (κ3) is 6.18. The molecule has 4 nitrogen and oxygen atoms in total. The number of nitrogens with one attached hydrogen (secondary N) is 2. The summed E-state index contributed by atoms with van der Waals surface area (Å²) in [7, 11) is 0. The van der Waals surface area contributed by atoms with Crippen molar-refractivity contribution in [3.63, 3.8) is 0 Å². The number of hydrogen-bond donors (Lipinski definition) is 2. The van der Waals surface area contributed by atoms with Crippen molar-refractivity contribution in [1.29, 1.82) is 0 Å². The predicted octanol–water partition coefficient (Wildman–Crippen LogP) is 7.39. The predicted molar refractivity (Wildman–Crippen MR) is 139 cm³/mol. The van der Waals surface area contributed by atoms with Gasteiger partial charge in [0, 0.05) is 10.7 Å². The van der Waals surface area contributed by atoms with E-state index in [1.54, 1.807) is 30.3 Å². The number of rotatable bonds is 7. The van der Waals surface area contributed by atoms with Crippen molar-refractivity contribution < 1.29 is 9.53 Å². The highest BCUT2D eigenvalue weighted by atomic mass is 35.5. The van der Waals surface area contributed by atoms with Crippen molar-refractivity contribution >= 4 is 64.2 Å². The number of thioether (sulfide) groups is 1. The Morgan fingerprint density at radius 1 is 1.00 bits per heavy atom. The first-order chi connectivity index (χ1) is 15.9. The van der Waals surface area contributed by atoms with Crippen molar-refractivity contribution in [2.24, 2.45) is 0 Å². The zero-order chi connectivity index (χ0) is 23.4. The van der Waals surface area contributed by atoms with E-state index in [-0.39, 0.29) is 11.4 Å². The molecule has 0 radical (unpaired) electrons. The first kappa shape index (κ1) is 23.8. The summed E-state index contributed by atoms with van der Waals surface area (Å²) in [5, 5.41) is 7.65. The van der Waals surface area contributed by atoms with Crippen molar-refractivity contribution in [1.82, 2.24) is 5.32 Å². The van der Waals surface area contributed by atoms with E-state index in [1.165, 1.54) is 17.3 Å². The highest BCUT2D eigenvalue weighted by Crippen LogP contribution is 2.37. The maximum atomic E-state index is 12.5. The van der Waals surface area contributed by atoms with Crippen molar-refractivity contribution in [2.75, 3.05) is 5.32 Å². The minimum Gasteiger partial charge on any atom is -0.486 e. The van der Waals surface area contributed by atoms with Gasteiger partial charge in [0.2, 0.25) is 0 Å². The molecule has 8 heteroatoms. The smallest absolute Gasteiger partial charge is 0.260 e. The van der Waals surface area contributed by atoms with Gasteiger partial charge in [0.15, 0.2) is 11.2 Å². The SMILES string of the molecule is CCc1ccc(N[C@@H]2NC(=O)/C(=C/c3cc(Cl)c(OCc4ccc(Cl)cc4)c(Cl)c3)S2)cc1. The van der Waals surface area contributed by atoms with Crippen LogP contribution in [-0.2, 0) is 17.8 Å². The molecule has 2 N–H and O–H groups in total. The normalized spacial score (nSPS) is 16.7. The molecule has 1 heterocycles. The van der Waals surface area contributed by atoms with Crippen LogP contribution in [0.3, 0.4) is 0 Å². The molecule has 1 atom stereocenters. The van der Waals surface area contributed by atoms with Gasteiger partial charge >= 0.3 is 0 Å². The van der Waals surface area contributed by atoms with Gasteiger partial charge < -0.3 is 15.4 Å². The quantitative estimate of drug-likeness (QED) is 0.320. The fourth-order valence-corrected chi connectivity index (χ4v) is 4.97. The van der Waals surface area contributed by atoms with Crippen LogP contribution in [0.4, 0.5) is 5.69 Å². The summed E-state index contributed by atoms with van der Waals surface area (Å²) in [4.78, 5) is 13.0. The fraction of sp³-hybridized carbons (Fsp3) is 0.160. The largest absolute Gasteiger partial charge is 0.486 e. The molecule has 0 aromatic heterocycles. The molecule has 170 valence electrons. The summed E-state index contributed by atoms with van der Waals surface area (Å²) < 4.78 is 5.82. The summed E-state index contributed by atoms with van der Waals surface area (Å²) in [6, 6.07) is 19.0. The Balaban J connectivity index is 1.43. The van der Waals surface area contributed by atoms with Crippen LogP contribution < -0.4 is 15.4 Å². The van der Waals surface area contributed by atoms with Crippen LogP contribution in [0.2, 0.25) is 15.1 Å². The molecule has 0 unspecified atom stereocenters. The van der Waals surface area contributed by atoms with Crippen LogP contribution in [0.25, 0.3) is 6.08 Å². The van der Waals surface area contributed by atoms with Gasteiger partial charge in [0.1, 0.15) is 6.61 Å². The maximum absolute atomic E-state index is 12.5. The third-order valence-electron chi connectivity index (χ3n) is 5.01. The van der Waals surface area contributed by atoms with Crippen LogP contribution in [0.15, 0.2) is 65.6 Å². The Hall–Kier alpha value is -2.31. The van der Waals surface area contributed by atoms with Gasteiger partial charge in [0.25, 0.3) is 5.91 Å². The molecule has 3 aromatic rings. The lowest BCUT2D eigenvalue weighted by Gasteiger charge is -2.13. The first-order valence-electron chi connectivity index (χ1n) is 10.3. The summed E-state index contributed by atoms with van der Waals surface area (Å²) >= 11 is 20.2. The van der Waals surface area contributed by atoms with E-state index in [1.807, 2.05) is 24.3 Å². The maximum Gasteiger partial charge on any atom is 0.260 e. The molecule has 1 aliphatic heterocycles. The lowest BCUT2D eigenvalue weighted by molar-refractivity contribution is -0.116. The first-order valence-corrected chi connectivity index (χ1v) is 12.3. The van der Waals surface area contributed by atoms with E-state index < -0.39 is 0 Å². The third-order valence-corrected chi connectivity index (χ3v) is 6.85. The molecule has 3 aromatic carbocycles. The van der Waals surface area contributed by atoms with Crippen LogP contribution in [0.1, 0.15) is 23.6 Å². The minimum absolute atomic E-state index is 0.155. The van der Waals surface area contributed by atoms with Crippen molar-refractivity contribution in [3.8, 4) is 5.75 Å². The number of carbonyl (C=O) groups excluding carboxylic acids is 1. The monoisotopic (exact) mass is 518 g/mol. The summed E-state index contributed by atoms with van der Waals surface area (Å²) in [6.45, 7) is 2.42. The topological polar surface area (TPSA) is 50.4 Å². The van der Waals surface area contributed by atoms with Gasteiger partial charge in [-0.05, 0) is 65.6 Å². The summed E-state index contributed by atoms with van der Waals surface area (Å²) in [5.74, 6) is 0.243. The minimum atomic E-state index is -0.260. The van der Waals surface area contributed by atoms with Gasteiger partial charge in [-0.25, -0.2) is 0 Å². The molecule has 1 fully saturated rings. The van der Waals surface area contributed by atoms with Crippen LogP contribution in [0, 0.1) is 0 Å². The van der Waals surface area contributed by atoms with Gasteiger partial charge in [-0.2, -0.15) is 0 Å². The number of amides is 1. The number of benzene rings is 3. The second kappa shape index (κ2) is 10.7. The molecule has 1 amide bonds. The van der Waals surface area contributed by atoms with E-state index in [9.17, 15) is 4.79 Å². The molecule has 4 rings (SSSR count). The van der Waals surface area contributed by atoms with Gasteiger partial charge in [0.05, 0.1) is 15.0 Å². The average Bonchev–Trinajstić information content (AvgIpc) is 3.13. The van der Waals surface area contributed by atoms with Crippen molar-refractivity contribution in [2.45, 2.75) is 25.4 Å². The Morgan fingerprint density at radius 3 is 2.27 bits per heavy atom. The van der Waals surface area contributed by atoms with E-state index >= 15 is 0 Å². The molecule has 33 heavy (non-hydrogen) atoms. The molecular weight excluding hydrogens is 499 g/mol. The summed E-state index contributed by atoms with van der Waals surface area (Å²) in [5.41, 5.74) is 3.61. The molecule has 0 spiro atoms. The molecular formula is C25H21Cl3N2O2S. The van der Waals surface area contributed by atoms with E-state index in [0.29, 0.717) is 32.3 Å². The lowest BCUT2D eigenvalue weighted by atomic mass is 10.1. The van der Waals surface area contributed by atoms with Gasteiger partial charge in [-0.15, -0.1) is 0 Å². The van der Waals surface area contributed by atoms with Crippen molar-refractivity contribution in [3.05, 3.63) is 97.3 Å². The zero-order valence-corrected chi connectivity index (χ0v) is 20.8. The van der Waals surface area contributed by atoms with Gasteiger partial charge in [-0.3, -0.25) is 4.79 Å². The second-order valence-electron chi connectivity index (χ2n) is 7.40. The van der Waals surface area contributed by atoms with Crippen LogP contribution >= 0.6 is 46.6 Å². The number of ether oxygens (including phenoxy) is 1. The fourth-order valence-electron chi connectivity index (χ4n) is 3.24. The van der Waals surface area contributed by atoms with E-state index in [2.05, 4.69) is 29.7 Å². The Bertz CT molecular complexity index is 1160. The Kier molecular flexibility index (Phi) is 7.76. The average molecular weight is 520 g/mol. The highest BCUT2D eigenvalue weighted by Gasteiger charge is 2.27. The Labute approximate surface area is 212 Å². The standard InChI is InChI=1S/C25H21Cl3N2O2S/c1-2-15-5-9-19(10-6-15)29-25-30-24(31)22(33-25)13-17-11-20(27)23(21(28)12-17)32-14-16-3-7-18(26)8-4-16/h3-13,25,29H,2,14H2,1H3,(H,30,31)/b22-13-/t25-/m1/s1. The van der Waals surface area contributed by atoms with E-state index in [4.69, 9.17) is 39.5 Å². The molecule has 1 aliphatic rings. The lowest BCUT2D eigenvalue weighted by Crippen LogP contribution is -2.30. The highest BCUT2D eigenvalue weighted by molar-refractivity contribution is 8.05. The Morgan fingerprint density at radius 2 is 1.64 bits per heavy atom. The van der Waals surface area contributed by atoms with Crippen LogP contribution in [-0.4, -0.2) is 11.4 Å². The van der Waals surface area contributed by atoms with E-state index in [0.717, 1.165) is 23.2 Å². The number of carbonyl (C=O) groups is 1. The van der Waals surface area contributed by atoms with Crippen LogP contribution in [0.5, 0.6) is 5.75 Å². The molecule has 0 bridgehead atoms. The molecule has 0 saturated carbocycles. The zero-order valence-electron chi connectivity index (χ0n) is 17.7. The number of anilines is 1. The van der Waals surface area contributed by atoms with Gasteiger partial charge in [-0.1, -0.05) is 77.8 Å². The second-order valence-corrected chi connectivity index (χ2v) is 9.80. The molecule has 1 saturated heterocycles. The number of hydrogen-bond acceptors (Lipinski definition) is 4. The number of aryl methyl sites for hydroxylation is 1.